The average molecular weight is 203 g/mol. The van der Waals surface area contributed by atoms with Gasteiger partial charge in [-0.05, 0) is 12.2 Å². The van der Waals surface area contributed by atoms with E-state index in [1.54, 1.807) is 0 Å². The smallest absolute Gasteiger partial charge is 0.404 e. The molecule has 0 atom stereocenters. The van der Waals surface area contributed by atoms with E-state index in [2.05, 4.69) is 14.9 Å². The quantitative estimate of drug-likeness (QED) is 0.579. The highest BCUT2D eigenvalue weighted by molar-refractivity contribution is 7.71. The van der Waals surface area contributed by atoms with E-state index in [4.69, 9.17) is 23.7 Å². The molecular formula is C5H9N5O2S. The summed E-state index contributed by atoms with van der Waals surface area (Å²) in [5.41, 5.74) is 10.2. The van der Waals surface area contributed by atoms with Gasteiger partial charge in [-0.15, -0.1) is 5.10 Å². The van der Waals surface area contributed by atoms with Gasteiger partial charge in [0.05, 0.1) is 6.54 Å². The average Bonchev–Trinajstić information content (AvgIpc) is 2.34. The van der Waals surface area contributed by atoms with Gasteiger partial charge in [-0.3, -0.25) is 4.57 Å². The van der Waals surface area contributed by atoms with E-state index in [1.165, 1.54) is 4.57 Å². The predicted octanol–water partition coefficient (Wildman–Crippen LogP) is -0.382. The van der Waals surface area contributed by atoms with Gasteiger partial charge in [-0.2, -0.15) is 0 Å². The summed E-state index contributed by atoms with van der Waals surface area (Å²) >= 11 is 4.85. The van der Waals surface area contributed by atoms with Gasteiger partial charge in [0.15, 0.2) is 4.77 Å². The number of ether oxygens (including phenoxy) is 1. The molecule has 0 saturated heterocycles. The normalized spacial score (nSPS) is 9.85. The number of anilines is 1. The highest BCUT2D eigenvalue weighted by Crippen LogP contribution is 1.98. The SMILES string of the molecule is NC(=O)OCCn1c(N)n[nH]c1=S. The third-order valence-corrected chi connectivity index (χ3v) is 1.66. The summed E-state index contributed by atoms with van der Waals surface area (Å²) in [6.07, 6.45) is -0.825. The van der Waals surface area contributed by atoms with Gasteiger partial charge in [-0.25, -0.2) is 9.89 Å². The van der Waals surface area contributed by atoms with E-state index in [0.717, 1.165) is 0 Å². The van der Waals surface area contributed by atoms with Gasteiger partial charge in [0.2, 0.25) is 5.95 Å². The molecule has 1 aromatic rings. The van der Waals surface area contributed by atoms with Crippen LogP contribution in [0.4, 0.5) is 10.7 Å². The third-order valence-electron chi connectivity index (χ3n) is 1.35. The van der Waals surface area contributed by atoms with E-state index >= 15 is 0 Å². The van der Waals surface area contributed by atoms with Crippen LogP contribution in [0.2, 0.25) is 0 Å². The fourth-order valence-electron chi connectivity index (χ4n) is 0.783. The lowest BCUT2D eigenvalue weighted by molar-refractivity contribution is 0.152. The van der Waals surface area contributed by atoms with E-state index in [-0.39, 0.29) is 12.6 Å². The summed E-state index contributed by atoms with van der Waals surface area (Å²) in [5, 5.41) is 6.16. The van der Waals surface area contributed by atoms with Gasteiger partial charge < -0.3 is 16.2 Å². The summed E-state index contributed by atoms with van der Waals surface area (Å²) in [6, 6.07) is 0. The summed E-state index contributed by atoms with van der Waals surface area (Å²) in [7, 11) is 0. The Morgan fingerprint density at radius 3 is 2.92 bits per heavy atom. The number of hydrogen-bond donors (Lipinski definition) is 3. The Bertz CT molecular complexity index is 356. The van der Waals surface area contributed by atoms with Crippen molar-refractivity contribution in [3.8, 4) is 0 Å². The number of aromatic nitrogens is 3. The first-order valence-corrected chi connectivity index (χ1v) is 3.85. The molecule has 13 heavy (non-hydrogen) atoms. The fraction of sp³-hybridized carbons (Fsp3) is 0.400. The van der Waals surface area contributed by atoms with Crippen LogP contribution in [0.5, 0.6) is 0 Å². The summed E-state index contributed by atoms with van der Waals surface area (Å²) in [4.78, 5) is 10.2. The minimum atomic E-state index is -0.825. The number of nitrogen functional groups attached to an aromatic ring is 1. The van der Waals surface area contributed by atoms with Gasteiger partial charge in [0.25, 0.3) is 0 Å². The first-order valence-electron chi connectivity index (χ1n) is 3.44. The molecule has 0 saturated carbocycles. The molecule has 72 valence electrons. The Hall–Kier alpha value is -1.57. The molecule has 0 spiro atoms. The summed E-state index contributed by atoms with van der Waals surface area (Å²) in [6.45, 7) is 0.456. The van der Waals surface area contributed by atoms with Crippen molar-refractivity contribution in [2.45, 2.75) is 6.54 Å². The van der Waals surface area contributed by atoms with Crippen molar-refractivity contribution < 1.29 is 9.53 Å². The molecule has 0 aliphatic heterocycles. The lowest BCUT2D eigenvalue weighted by atomic mass is 10.6. The van der Waals surface area contributed by atoms with Crippen LogP contribution in [0.15, 0.2) is 0 Å². The Labute approximate surface area is 78.7 Å². The van der Waals surface area contributed by atoms with Crippen molar-refractivity contribution in [1.82, 2.24) is 14.8 Å². The molecule has 0 aromatic carbocycles. The molecule has 0 aliphatic rings. The van der Waals surface area contributed by atoms with Crippen molar-refractivity contribution in [3.63, 3.8) is 0 Å². The highest BCUT2D eigenvalue weighted by Gasteiger charge is 2.01. The van der Waals surface area contributed by atoms with E-state index < -0.39 is 6.09 Å². The van der Waals surface area contributed by atoms with Crippen LogP contribution in [0, 0.1) is 4.77 Å². The third kappa shape index (κ3) is 2.44. The second kappa shape index (κ2) is 3.90. The predicted molar refractivity (Wildman–Crippen MR) is 47.4 cm³/mol. The van der Waals surface area contributed by atoms with E-state index in [1.807, 2.05) is 0 Å². The molecule has 1 heterocycles. The van der Waals surface area contributed by atoms with Crippen LogP contribution >= 0.6 is 12.2 Å². The minimum Gasteiger partial charge on any atom is -0.448 e. The van der Waals surface area contributed by atoms with Crippen LogP contribution in [0.3, 0.4) is 0 Å². The first-order chi connectivity index (χ1) is 6.11. The number of nitrogens with one attached hydrogen (secondary N) is 1. The molecule has 0 bridgehead atoms. The van der Waals surface area contributed by atoms with Crippen molar-refractivity contribution in [1.29, 1.82) is 0 Å². The highest BCUT2D eigenvalue weighted by atomic mass is 32.1. The van der Waals surface area contributed by atoms with Crippen molar-refractivity contribution in [2.75, 3.05) is 12.3 Å². The van der Waals surface area contributed by atoms with E-state index in [0.29, 0.717) is 11.3 Å². The molecule has 5 N–H and O–H groups in total. The maximum atomic E-state index is 10.2. The van der Waals surface area contributed by atoms with Gasteiger partial charge >= 0.3 is 6.09 Å². The monoisotopic (exact) mass is 203 g/mol. The minimum absolute atomic E-state index is 0.118. The molecule has 8 heteroatoms. The molecular weight excluding hydrogens is 194 g/mol. The Balaban J connectivity index is 2.54. The molecule has 0 aliphatic carbocycles. The number of amides is 1. The number of nitrogens with two attached hydrogens (primary N) is 2. The first kappa shape index (κ1) is 9.52. The number of aromatic amines is 1. The Kier molecular flexibility index (Phi) is 2.85. The number of primary amides is 1. The van der Waals surface area contributed by atoms with Crippen LogP contribution < -0.4 is 11.5 Å². The lowest BCUT2D eigenvalue weighted by Crippen LogP contribution is -2.17. The maximum Gasteiger partial charge on any atom is 0.404 e. The van der Waals surface area contributed by atoms with Gasteiger partial charge in [0.1, 0.15) is 6.61 Å². The Morgan fingerprint density at radius 2 is 2.46 bits per heavy atom. The number of carbonyl (C=O) groups is 1. The van der Waals surface area contributed by atoms with Crippen LogP contribution in [-0.2, 0) is 11.3 Å². The zero-order valence-corrected chi connectivity index (χ0v) is 7.50. The van der Waals surface area contributed by atoms with Crippen LogP contribution in [-0.4, -0.2) is 27.5 Å². The number of H-pyrrole nitrogens is 1. The molecule has 1 aromatic heterocycles. The lowest BCUT2D eigenvalue weighted by Gasteiger charge is -2.02. The molecule has 1 amide bonds. The van der Waals surface area contributed by atoms with Crippen molar-refractivity contribution in [3.05, 3.63) is 4.77 Å². The van der Waals surface area contributed by atoms with Crippen LogP contribution in [0.1, 0.15) is 0 Å². The van der Waals surface area contributed by atoms with Crippen molar-refractivity contribution in [2.24, 2.45) is 5.73 Å². The fourth-order valence-corrected chi connectivity index (χ4v) is 1.01. The standard InChI is InChI=1S/C5H9N5O2S/c6-3-8-9-5(13)10(3)1-2-12-4(7)11/h1-2H2,(H2,6,8)(H2,7,11)(H,9,13). The van der Waals surface area contributed by atoms with E-state index in [9.17, 15) is 4.79 Å². The Morgan fingerprint density at radius 1 is 1.77 bits per heavy atom. The van der Waals surface area contributed by atoms with Crippen LogP contribution in [0.25, 0.3) is 0 Å². The number of nitrogens with zero attached hydrogens (tertiary/aromatic N) is 2. The number of hydrogen-bond acceptors (Lipinski definition) is 5. The molecule has 0 fully saturated rings. The summed E-state index contributed by atoms with van der Waals surface area (Å²) < 4.78 is 6.38. The molecule has 7 nitrogen and oxygen atoms in total. The maximum absolute atomic E-state index is 10.2. The second-order valence-corrected chi connectivity index (χ2v) is 2.59. The van der Waals surface area contributed by atoms with Crippen molar-refractivity contribution >= 4 is 24.3 Å². The molecule has 0 unspecified atom stereocenters. The largest absolute Gasteiger partial charge is 0.448 e. The zero-order chi connectivity index (χ0) is 9.84. The van der Waals surface area contributed by atoms with Gasteiger partial charge in [-0.1, -0.05) is 0 Å². The topological polar surface area (TPSA) is 112 Å². The molecule has 0 radical (unpaired) electrons. The second-order valence-electron chi connectivity index (χ2n) is 2.21. The van der Waals surface area contributed by atoms with Gasteiger partial charge in [0, 0.05) is 0 Å². The number of carbonyl (C=O) groups excluding carboxylic acids is 1. The molecule has 1 rings (SSSR count). The number of rotatable bonds is 3. The zero-order valence-electron chi connectivity index (χ0n) is 6.69. The summed E-state index contributed by atoms with van der Waals surface area (Å²) in [5.74, 6) is 0.248.